The van der Waals surface area contributed by atoms with Crippen LogP contribution in [-0.2, 0) is 4.79 Å². The molecule has 0 bridgehead atoms. The zero-order valence-electron chi connectivity index (χ0n) is 15.8. The van der Waals surface area contributed by atoms with E-state index in [0.29, 0.717) is 5.56 Å². The van der Waals surface area contributed by atoms with E-state index in [0.717, 1.165) is 38.3 Å². The Morgan fingerprint density at radius 2 is 1.83 bits per heavy atom. The van der Waals surface area contributed by atoms with Crippen molar-refractivity contribution in [3.8, 4) is 0 Å². The molecular formula is C24H18BrNO2S. The molecule has 2 atom stereocenters. The van der Waals surface area contributed by atoms with Crippen LogP contribution in [0.15, 0.2) is 88.2 Å². The van der Waals surface area contributed by atoms with Crippen molar-refractivity contribution in [3.05, 3.63) is 99.3 Å². The number of hydrogen-bond acceptors (Lipinski definition) is 4. The van der Waals surface area contributed by atoms with E-state index in [1.54, 1.807) is 0 Å². The number of nitrogens with zero attached hydrogens (tertiary/aromatic N) is 1. The number of rotatable bonds is 3. The quantitative estimate of drug-likeness (QED) is 0.554. The van der Waals surface area contributed by atoms with E-state index < -0.39 is 0 Å². The smallest absolute Gasteiger partial charge is 0.208 e. The lowest BCUT2D eigenvalue weighted by molar-refractivity contribution is -0.112. The van der Waals surface area contributed by atoms with Crippen molar-refractivity contribution in [2.45, 2.75) is 24.6 Å². The highest BCUT2D eigenvalue weighted by atomic mass is 79.9. The Morgan fingerprint density at radius 3 is 2.55 bits per heavy atom. The molecule has 3 aliphatic rings. The van der Waals surface area contributed by atoms with Crippen LogP contribution in [-0.4, -0.2) is 27.8 Å². The second-order valence-electron chi connectivity index (χ2n) is 7.37. The molecule has 0 aliphatic carbocycles. The third-order valence-electron chi connectivity index (χ3n) is 5.66. The van der Waals surface area contributed by atoms with Crippen LogP contribution in [0.5, 0.6) is 0 Å². The lowest BCUT2D eigenvalue weighted by atomic mass is 9.96. The molecule has 0 fully saturated rings. The van der Waals surface area contributed by atoms with E-state index in [1.807, 2.05) is 67.6 Å². The van der Waals surface area contributed by atoms with E-state index >= 15 is 0 Å². The van der Waals surface area contributed by atoms with Crippen LogP contribution in [0.1, 0.15) is 29.3 Å². The van der Waals surface area contributed by atoms with Gasteiger partial charge in [-0.2, -0.15) is 0 Å². The van der Waals surface area contributed by atoms with Crippen molar-refractivity contribution in [1.82, 2.24) is 4.90 Å². The number of carbonyl (C=O) groups excluding carboxylic acids is 2. The number of thioether (sulfide) groups is 1. The first kappa shape index (κ1) is 18.6. The van der Waals surface area contributed by atoms with Crippen LogP contribution in [0.3, 0.4) is 0 Å². The minimum absolute atomic E-state index is 0.0555. The fourth-order valence-corrected chi connectivity index (χ4v) is 5.94. The number of carbonyl (C=O) groups is 2. The van der Waals surface area contributed by atoms with Crippen LogP contribution >= 0.6 is 27.7 Å². The zero-order chi connectivity index (χ0) is 20.1. The Bertz CT molecular complexity index is 1120. The van der Waals surface area contributed by atoms with Gasteiger partial charge in [-0.1, -0.05) is 64.5 Å². The molecule has 3 nitrogen and oxygen atoms in total. The maximum Gasteiger partial charge on any atom is 0.208 e. The Hall–Kier alpha value is -2.37. The van der Waals surface area contributed by atoms with Gasteiger partial charge < -0.3 is 4.90 Å². The molecule has 0 N–H and O–H groups in total. The molecule has 0 saturated heterocycles. The molecule has 0 saturated carbocycles. The highest BCUT2D eigenvalue weighted by Crippen LogP contribution is 2.51. The van der Waals surface area contributed by atoms with Crippen LogP contribution in [0.4, 0.5) is 0 Å². The fraction of sp³-hybridized carbons (Fsp3) is 0.167. The molecule has 5 rings (SSSR count). The second-order valence-corrected chi connectivity index (χ2v) is 9.44. The first-order valence-electron chi connectivity index (χ1n) is 9.54. The van der Waals surface area contributed by atoms with Crippen molar-refractivity contribution in [1.29, 1.82) is 0 Å². The molecule has 5 heteroatoms. The maximum absolute atomic E-state index is 13.5. The topological polar surface area (TPSA) is 37.4 Å². The zero-order valence-corrected chi connectivity index (χ0v) is 18.2. The number of halogens is 1. The van der Waals surface area contributed by atoms with E-state index in [9.17, 15) is 9.59 Å². The van der Waals surface area contributed by atoms with Crippen molar-refractivity contribution in [2.24, 2.45) is 0 Å². The molecular weight excluding hydrogens is 446 g/mol. The van der Waals surface area contributed by atoms with Crippen LogP contribution < -0.4 is 0 Å². The van der Waals surface area contributed by atoms with Crippen LogP contribution in [0, 0.1) is 0 Å². The molecule has 144 valence electrons. The Labute approximate surface area is 182 Å². The van der Waals surface area contributed by atoms with E-state index in [1.165, 1.54) is 11.8 Å². The summed E-state index contributed by atoms with van der Waals surface area (Å²) >= 11 is 4.98. The Kier molecular flexibility index (Phi) is 4.60. The van der Waals surface area contributed by atoms with Gasteiger partial charge in [0, 0.05) is 26.2 Å². The number of Topliss-reactive ketones (excluding diaryl/α,β-unsaturated/α-hetero) is 2. The second kappa shape index (κ2) is 7.15. The molecule has 2 aromatic carbocycles. The van der Waals surface area contributed by atoms with Gasteiger partial charge in [0.15, 0.2) is 5.78 Å². The molecule has 2 aromatic rings. The lowest BCUT2D eigenvalue weighted by Gasteiger charge is -2.42. The van der Waals surface area contributed by atoms with Gasteiger partial charge in [-0.15, -0.1) is 11.8 Å². The summed E-state index contributed by atoms with van der Waals surface area (Å²) in [7, 11) is 0. The van der Waals surface area contributed by atoms with Crippen molar-refractivity contribution < 1.29 is 9.59 Å². The molecule has 0 spiro atoms. The van der Waals surface area contributed by atoms with E-state index in [-0.39, 0.29) is 22.9 Å². The summed E-state index contributed by atoms with van der Waals surface area (Å²) in [5, 5.41) is -0.284. The summed E-state index contributed by atoms with van der Waals surface area (Å²) in [6.07, 6.45) is 4.86. The normalized spacial score (nSPS) is 23.0. The summed E-state index contributed by atoms with van der Waals surface area (Å²) in [5.74, 6) is 0.170. The van der Waals surface area contributed by atoms with Crippen molar-refractivity contribution >= 4 is 44.2 Å². The molecule has 29 heavy (non-hydrogen) atoms. The summed E-state index contributed by atoms with van der Waals surface area (Å²) in [5.41, 5.74) is 4.10. The minimum atomic E-state index is -0.284. The van der Waals surface area contributed by atoms with Gasteiger partial charge >= 0.3 is 0 Å². The van der Waals surface area contributed by atoms with Gasteiger partial charge in [0.1, 0.15) is 5.70 Å². The third kappa shape index (κ3) is 2.95. The monoisotopic (exact) mass is 463 g/mol. The Balaban J connectivity index is 1.66. The third-order valence-corrected chi connectivity index (χ3v) is 7.63. The number of hydrogen-bond donors (Lipinski definition) is 0. The summed E-state index contributed by atoms with van der Waals surface area (Å²) < 4.78 is 0.948. The minimum Gasteiger partial charge on any atom is -0.332 e. The van der Waals surface area contributed by atoms with E-state index in [2.05, 4.69) is 26.9 Å². The highest BCUT2D eigenvalue weighted by Gasteiger charge is 2.48. The predicted octanol–water partition coefficient (Wildman–Crippen LogP) is 5.60. The predicted molar refractivity (Wildman–Crippen MR) is 120 cm³/mol. The van der Waals surface area contributed by atoms with Gasteiger partial charge in [0.05, 0.1) is 11.3 Å². The average Bonchev–Trinajstić information content (AvgIpc) is 3.02. The van der Waals surface area contributed by atoms with Crippen LogP contribution in [0.2, 0.25) is 0 Å². The summed E-state index contributed by atoms with van der Waals surface area (Å²) in [4.78, 5) is 29.7. The maximum atomic E-state index is 13.5. The van der Waals surface area contributed by atoms with Gasteiger partial charge in [0.25, 0.3) is 0 Å². The van der Waals surface area contributed by atoms with Gasteiger partial charge in [-0.3, -0.25) is 9.59 Å². The number of benzene rings is 2. The Morgan fingerprint density at radius 1 is 1.10 bits per heavy atom. The molecule has 0 aromatic heterocycles. The SMILES string of the molecule is CC1=C2C=CC[C@H]3[C@H](C(=O)c4ccc(Br)cc4)SC(c4ccccc4)=C(C1=O)N23. The first-order chi connectivity index (χ1) is 14.1. The average molecular weight is 464 g/mol. The highest BCUT2D eigenvalue weighted by molar-refractivity contribution is 9.10. The number of ketones is 2. The van der Waals surface area contributed by atoms with Gasteiger partial charge in [-0.05, 0) is 37.1 Å². The van der Waals surface area contributed by atoms with Crippen molar-refractivity contribution in [2.75, 3.05) is 0 Å². The molecule has 3 aliphatic heterocycles. The summed E-state index contributed by atoms with van der Waals surface area (Å²) in [6, 6.07) is 17.4. The first-order valence-corrected chi connectivity index (χ1v) is 11.2. The molecule has 3 heterocycles. The van der Waals surface area contributed by atoms with Gasteiger partial charge in [0.2, 0.25) is 5.78 Å². The largest absolute Gasteiger partial charge is 0.332 e. The van der Waals surface area contributed by atoms with Crippen LogP contribution in [0.25, 0.3) is 4.91 Å². The van der Waals surface area contributed by atoms with Gasteiger partial charge in [-0.25, -0.2) is 0 Å². The molecule has 0 radical (unpaired) electrons. The standard InChI is InChI=1S/C24H18BrNO2S/c1-14-18-8-5-9-19-24(22(28)15-10-12-17(25)13-11-15)29-23(16-6-3-2-4-7-16)20(21(14)27)26(18)19/h2-8,10-13,19,24H,9H2,1H3/t19-,24+/m0/s1. The fourth-order valence-electron chi connectivity index (χ4n) is 4.21. The molecule has 0 amide bonds. The lowest BCUT2D eigenvalue weighted by Crippen LogP contribution is -2.47. The van der Waals surface area contributed by atoms with E-state index in [4.69, 9.17) is 0 Å². The molecule has 0 unspecified atom stereocenters. The summed E-state index contributed by atoms with van der Waals surface area (Å²) in [6.45, 7) is 1.88. The van der Waals surface area contributed by atoms with Crippen molar-refractivity contribution in [3.63, 3.8) is 0 Å². The number of allylic oxidation sites excluding steroid dienone is 2.